The molecule has 1 saturated carbocycles. The molecule has 0 aliphatic heterocycles. The highest BCUT2D eigenvalue weighted by Gasteiger charge is 2.20. The minimum absolute atomic E-state index is 0.264. The van der Waals surface area contributed by atoms with Gasteiger partial charge in [-0.1, -0.05) is 31.4 Å². The Bertz CT molecular complexity index is 373. The highest BCUT2D eigenvalue weighted by Crippen LogP contribution is 2.26. The quantitative estimate of drug-likeness (QED) is 0.855. The molecule has 1 aliphatic rings. The molecule has 3 heteroatoms. The van der Waals surface area contributed by atoms with Crippen molar-refractivity contribution >= 4 is 0 Å². The fourth-order valence-electron chi connectivity index (χ4n) is 2.90. The molecule has 2 rings (SSSR count). The van der Waals surface area contributed by atoms with E-state index in [1.807, 2.05) is 0 Å². The zero-order chi connectivity index (χ0) is 13.7. The van der Waals surface area contributed by atoms with Crippen molar-refractivity contribution in [1.82, 2.24) is 5.32 Å². The Labute approximate surface area is 115 Å². The summed E-state index contributed by atoms with van der Waals surface area (Å²) in [5.41, 5.74) is 0.768. The van der Waals surface area contributed by atoms with Crippen molar-refractivity contribution in [2.24, 2.45) is 5.92 Å². The van der Waals surface area contributed by atoms with Crippen LogP contribution in [0.2, 0.25) is 0 Å². The van der Waals surface area contributed by atoms with E-state index in [-0.39, 0.29) is 5.82 Å². The second-order valence-electron chi connectivity index (χ2n) is 5.66. The van der Waals surface area contributed by atoms with Crippen LogP contribution < -0.4 is 5.32 Å². The maximum atomic E-state index is 12.8. The third kappa shape index (κ3) is 4.29. The molecule has 1 aromatic carbocycles. The van der Waals surface area contributed by atoms with Crippen molar-refractivity contribution < 1.29 is 9.50 Å². The van der Waals surface area contributed by atoms with Gasteiger partial charge in [0.05, 0.1) is 6.10 Å². The lowest BCUT2D eigenvalue weighted by molar-refractivity contribution is 0.161. The van der Waals surface area contributed by atoms with Gasteiger partial charge in [0.2, 0.25) is 0 Å². The average Bonchev–Trinajstić information content (AvgIpc) is 2.46. The van der Waals surface area contributed by atoms with Gasteiger partial charge in [-0.2, -0.15) is 0 Å². The number of benzene rings is 1. The molecule has 0 radical (unpaired) electrons. The van der Waals surface area contributed by atoms with E-state index in [0.29, 0.717) is 12.6 Å². The maximum Gasteiger partial charge on any atom is 0.123 e. The lowest BCUT2D eigenvalue weighted by atomic mass is 9.84. The molecule has 106 valence electrons. The number of aliphatic hydroxyl groups excluding tert-OH is 1. The minimum Gasteiger partial charge on any atom is -0.387 e. The number of hydrogen-bond donors (Lipinski definition) is 2. The SMILES string of the molecule is C[C@@H](NCC(O)c1ccc(F)cc1)C1CCCCC1. The molecule has 2 nitrogen and oxygen atoms in total. The summed E-state index contributed by atoms with van der Waals surface area (Å²) in [6.45, 7) is 2.73. The summed E-state index contributed by atoms with van der Waals surface area (Å²) in [7, 11) is 0. The zero-order valence-electron chi connectivity index (χ0n) is 11.6. The molecule has 0 saturated heterocycles. The van der Waals surface area contributed by atoms with Crippen LogP contribution in [0.3, 0.4) is 0 Å². The van der Waals surface area contributed by atoms with Crippen LogP contribution >= 0.6 is 0 Å². The van der Waals surface area contributed by atoms with E-state index in [0.717, 1.165) is 11.5 Å². The summed E-state index contributed by atoms with van der Waals surface area (Å²) in [4.78, 5) is 0. The van der Waals surface area contributed by atoms with Crippen molar-refractivity contribution in [2.45, 2.75) is 51.2 Å². The Morgan fingerprint density at radius 3 is 2.47 bits per heavy atom. The van der Waals surface area contributed by atoms with Gasteiger partial charge in [-0.3, -0.25) is 0 Å². The molecule has 1 aliphatic carbocycles. The molecule has 1 fully saturated rings. The number of halogens is 1. The number of hydrogen-bond acceptors (Lipinski definition) is 2. The van der Waals surface area contributed by atoms with Crippen LogP contribution in [0.5, 0.6) is 0 Å². The molecule has 0 amide bonds. The van der Waals surface area contributed by atoms with E-state index >= 15 is 0 Å². The van der Waals surface area contributed by atoms with Gasteiger partial charge in [0.25, 0.3) is 0 Å². The average molecular weight is 265 g/mol. The highest BCUT2D eigenvalue weighted by molar-refractivity contribution is 5.18. The van der Waals surface area contributed by atoms with Crippen molar-refractivity contribution in [2.75, 3.05) is 6.54 Å². The smallest absolute Gasteiger partial charge is 0.123 e. The first kappa shape index (κ1) is 14.5. The summed E-state index contributed by atoms with van der Waals surface area (Å²) >= 11 is 0. The second kappa shape index (κ2) is 7.01. The molecule has 0 spiro atoms. The standard InChI is InChI=1S/C16H24FNO/c1-12(13-5-3-2-4-6-13)18-11-16(19)14-7-9-15(17)10-8-14/h7-10,12-13,16,18-19H,2-6,11H2,1H3/t12-,16?/m1/s1. The molecule has 2 atom stereocenters. The first-order chi connectivity index (χ1) is 9.16. The van der Waals surface area contributed by atoms with Gasteiger partial charge in [0, 0.05) is 12.6 Å². The van der Waals surface area contributed by atoms with Gasteiger partial charge in [-0.25, -0.2) is 4.39 Å². The molecule has 1 aromatic rings. The maximum absolute atomic E-state index is 12.8. The third-order valence-electron chi connectivity index (χ3n) is 4.24. The summed E-state index contributed by atoms with van der Waals surface area (Å²) < 4.78 is 12.8. The predicted octanol–water partition coefficient (Wildman–Crippen LogP) is 3.42. The van der Waals surface area contributed by atoms with Crippen molar-refractivity contribution in [1.29, 1.82) is 0 Å². The van der Waals surface area contributed by atoms with E-state index in [2.05, 4.69) is 12.2 Å². The van der Waals surface area contributed by atoms with Crippen molar-refractivity contribution in [3.63, 3.8) is 0 Å². The van der Waals surface area contributed by atoms with Crippen LogP contribution in [0.15, 0.2) is 24.3 Å². The Hall–Kier alpha value is -0.930. The van der Waals surface area contributed by atoms with Crippen molar-refractivity contribution in [3.8, 4) is 0 Å². The predicted molar refractivity (Wildman–Crippen MR) is 75.4 cm³/mol. The minimum atomic E-state index is -0.563. The Balaban J connectivity index is 1.79. The van der Waals surface area contributed by atoms with E-state index in [1.54, 1.807) is 12.1 Å². The van der Waals surface area contributed by atoms with E-state index in [9.17, 15) is 9.50 Å². The molecule has 2 N–H and O–H groups in total. The molecule has 19 heavy (non-hydrogen) atoms. The van der Waals surface area contributed by atoms with Crippen molar-refractivity contribution in [3.05, 3.63) is 35.6 Å². The summed E-state index contributed by atoms with van der Waals surface area (Å²) in [5.74, 6) is 0.466. The Morgan fingerprint density at radius 1 is 1.21 bits per heavy atom. The summed E-state index contributed by atoms with van der Waals surface area (Å²) in [6, 6.07) is 6.52. The molecular weight excluding hydrogens is 241 g/mol. The number of aliphatic hydroxyl groups is 1. The van der Waals surface area contributed by atoms with Gasteiger partial charge in [0.15, 0.2) is 0 Å². The third-order valence-corrected chi connectivity index (χ3v) is 4.24. The number of rotatable bonds is 5. The molecular formula is C16H24FNO. The first-order valence-electron chi connectivity index (χ1n) is 7.33. The molecule has 0 bridgehead atoms. The van der Waals surface area contributed by atoms with Crippen LogP contribution in [0.1, 0.15) is 50.7 Å². The van der Waals surface area contributed by atoms with Crippen LogP contribution in [0, 0.1) is 11.7 Å². The van der Waals surface area contributed by atoms with Gasteiger partial charge in [-0.15, -0.1) is 0 Å². The fraction of sp³-hybridized carbons (Fsp3) is 0.625. The van der Waals surface area contributed by atoms with E-state index in [1.165, 1.54) is 44.2 Å². The highest BCUT2D eigenvalue weighted by atomic mass is 19.1. The summed E-state index contributed by atoms with van der Waals surface area (Å²) in [5, 5.41) is 13.5. The fourth-order valence-corrected chi connectivity index (χ4v) is 2.90. The number of nitrogens with one attached hydrogen (secondary N) is 1. The van der Waals surface area contributed by atoms with Gasteiger partial charge in [-0.05, 0) is 43.4 Å². The van der Waals surface area contributed by atoms with E-state index < -0.39 is 6.10 Å². The monoisotopic (exact) mass is 265 g/mol. The van der Waals surface area contributed by atoms with Gasteiger partial charge < -0.3 is 10.4 Å². The van der Waals surface area contributed by atoms with Gasteiger partial charge in [0.1, 0.15) is 5.82 Å². The normalized spacial score (nSPS) is 20.2. The van der Waals surface area contributed by atoms with E-state index in [4.69, 9.17) is 0 Å². The Kier molecular flexibility index (Phi) is 5.34. The van der Waals surface area contributed by atoms with Crippen LogP contribution in [0.25, 0.3) is 0 Å². The first-order valence-corrected chi connectivity index (χ1v) is 7.33. The molecule has 1 unspecified atom stereocenters. The van der Waals surface area contributed by atoms with Crippen LogP contribution in [-0.2, 0) is 0 Å². The molecule has 0 aromatic heterocycles. The topological polar surface area (TPSA) is 32.3 Å². The lowest BCUT2D eigenvalue weighted by Gasteiger charge is -2.29. The molecule has 0 heterocycles. The van der Waals surface area contributed by atoms with Crippen LogP contribution in [0.4, 0.5) is 4.39 Å². The lowest BCUT2D eigenvalue weighted by Crippen LogP contribution is -2.37. The second-order valence-corrected chi connectivity index (χ2v) is 5.66. The van der Waals surface area contributed by atoms with Crippen LogP contribution in [-0.4, -0.2) is 17.7 Å². The van der Waals surface area contributed by atoms with Gasteiger partial charge >= 0.3 is 0 Å². The summed E-state index contributed by atoms with van der Waals surface area (Å²) in [6.07, 6.45) is 6.05. The zero-order valence-corrected chi connectivity index (χ0v) is 11.6. The largest absolute Gasteiger partial charge is 0.387 e. The Morgan fingerprint density at radius 2 is 1.84 bits per heavy atom.